The number of phenols is 1. The van der Waals surface area contributed by atoms with Crippen molar-refractivity contribution in [3.05, 3.63) is 92.5 Å². The second-order valence-electron chi connectivity index (χ2n) is 7.46. The first kappa shape index (κ1) is 25.6. The normalized spacial score (nSPS) is 12.7. The van der Waals surface area contributed by atoms with Crippen LogP contribution in [0.25, 0.3) is 0 Å². The van der Waals surface area contributed by atoms with E-state index in [0.29, 0.717) is 22.6 Å². The van der Waals surface area contributed by atoms with Crippen molar-refractivity contribution in [2.45, 2.75) is 13.0 Å². The van der Waals surface area contributed by atoms with Crippen molar-refractivity contribution in [2.24, 2.45) is 5.92 Å². The van der Waals surface area contributed by atoms with Crippen LogP contribution in [-0.2, 0) is 9.53 Å². The molecule has 0 bridgehead atoms. The third-order valence-electron chi connectivity index (χ3n) is 4.87. The van der Waals surface area contributed by atoms with Crippen LogP contribution < -0.4 is 16.4 Å². The highest BCUT2D eigenvalue weighted by atomic mass is 127. The minimum absolute atomic E-state index is 0.0105. The van der Waals surface area contributed by atoms with Gasteiger partial charge in [0.1, 0.15) is 11.9 Å². The monoisotopic (exact) mass is 635 g/mol. The number of aromatic hydroxyl groups is 1. The Kier molecular flexibility index (Phi) is 8.94. The minimum Gasteiger partial charge on any atom is -0.508 e. The van der Waals surface area contributed by atoms with Crippen LogP contribution in [0.3, 0.4) is 0 Å². The van der Waals surface area contributed by atoms with Crippen LogP contribution in [-0.4, -0.2) is 17.1 Å². The minimum atomic E-state index is -0.851. The van der Waals surface area contributed by atoms with E-state index in [-0.39, 0.29) is 11.7 Å². The van der Waals surface area contributed by atoms with Crippen molar-refractivity contribution in [1.82, 2.24) is 0 Å². The number of carbonyl (C=O) groups excluding carboxylic acids is 2. The lowest BCUT2D eigenvalue weighted by molar-refractivity contribution is -0.111. The number of nitrogens with one attached hydrogen (secondary N) is 2. The smallest absolute Gasteiger partial charge is 0.412 e. The zero-order chi connectivity index (χ0) is 24.7. The number of anilines is 3. The fourth-order valence-corrected chi connectivity index (χ4v) is 3.91. The zero-order valence-corrected chi connectivity index (χ0v) is 21.9. The molecule has 7 nitrogen and oxygen atoms in total. The van der Waals surface area contributed by atoms with Gasteiger partial charge in [0, 0.05) is 25.2 Å². The van der Waals surface area contributed by atoms with E-state index in [9.17, 15) is 14.7 Å². The van der Waals surface area contributed by atoms with E-state index in [4.69, 9.17) is 10.5 Å². The van der Waals surface area contributed by atoms with Crippen molar-refractivity contribution in [1.29, 1.82) is 0 Å². The Morgan fingerprint density at radius 2 is 1.79 bits per heavy atom. The van der Waals surface area contributed by atoms with E-state index >= 15 is 0 Å². The molecule has 0 heterocycles. The number of amides is 2. The largest absolute Gasteiger partial charge is 0.508 e. The number of hydrogen-bond acceptors (Lipinski definition) is 5. The van der Waals surface area contributed by atoms with Crippen molar-refractivity contribution < 1.29 is 19.4 Å². The fraction of sp³-hybridized carbons (Fsp3) is 0.120. The van der Waals surface area contributed by atoms with Crippen LogP contribution in [0.2, 0.25) is 0 Å². The summed E-state index contributed by atoms with van der Waals surface area (Å²) in [5, 5.41) is 15.8. The molecular weight excluding hydrogens is 613 g/mol. The molecular formula is C25H23BrIN3O4. The number of rotatable bonds is 7. The van der Waals surface area contributed by atoms with Gasteiger partial charge in [0.2, 0.25) is 5.91 Å². The van der Waals surface area contributed by atoms with Crippen LogP contribution >= 0.6 is 38.5 Å². The van der Waals surface area contributed by atoms with E-state index in [1.807, 2.05) is 0 Å². The molecule has 3 rings (SSSR count). The maximum Gasteiger partial charge on any atom is 0.412 e. The quantitative estimate of drug-likeness (QED) is 0.135. The van der Waals surface area contributed by atoms with Crippen molar-refractivity contribution in [3.63, 3.8) is 0 Å². The second kappa shape index (κ2) is 11.9. The standard InChI is InChI=1S/C25H23BrIN3O4/c1-15(6-13-23(32)30-21-5-3-2-4-20(21)28)24(19-14-17(27)9-12-22(19)31)34-25(33)29-18-10-7-16(26)8-11-18/h2-15,24,31H,28H2,1H3,(H,29,33)(H,30,32)/b13-6+/t15-,24-/m1/s1. The van der Waals surface area contributed by atoms with Crippen molar-refractivity contribution in [3.8, 4) is 5.75 Å². The van der Waals surface area contributed by atoms with Gasteiger partial charge in [-0.15, -0.1) is 0 Å². The molecule has 0 fully saturated rings. The van der Waals surface area contributed by atoms with Gasteiger partial charge in [-0.2, -0.15) is 0 Å². The van der Waals surface area contributed by atoms with Gasteiger partial charge >= 0.3 is 6.09 Å². The summed E-state index contributed by atoms with van der Waals surface area (Å²) in [6.07, 6.45) is 1.43. The summed E-state index contributed by atoms with van der Waals surface area (Å²) in [5.41, 5.74) is 7.81. The Morgan fingerprint density at radius 3 is 2.50 bits per heavy atom. The fourth-order valence-electron chi connectivity index (χ4n) is 3.13. The first-order valence-electron chi connectivity index (χ1n) is 10.3. The molecule has 0 aliphatic heterocycles. The molecule has 9 heteroatoms. The predicted octanol–water partition coefficient (Wildman–Crippen LogP) is 6.46. The van der Waals surface area contributed by atoms with Gasteiger partial charge in [0.25, 0.3) is 0 Å². The number of phenolic OH excluding ortho intramolecular Hbond substituents is 1. The maximum absolute atomic E-state index is 12.7. The van der Waals surface area contributed by atoms with E-state index in [0.717, 1.165) is 8.04 Å². The number of carbonyl (C=O) groups is 2. The summed E-state index contributed by atoms with van der Waals surface area (Å²) in [4.78, 5) is 25.1. The van der Waals surface area contributed by atoms with Crippen molar-refractivity contribution in [2.75, 3.05) is 16.4 Å². The summed E-state index contributed by atoms with van der Waals surface area (Å²) in [6.45, 7) is 1.79. The van der Waals surface area contributed by atoms with Gasteiger partial charge in [-0.1, -0.05) is 41.1 Å². The van der Waals surface area contributed by atoms with Crippen LogP contribution in [0.5, 0.6) is 5.75 Å². The Labute approximate surface area is 219 Å². The lowest BCUT2D eigenvalue weighted by Crippen LogP contribution is -2.21. The number of hydrogen-bond donors (Lipinski definition) is 4. The second-order valence-corrected chi connectivity index (χ2v) is 9.62. The van der Waals surface area contributed by atoms with Crippen LogP contribution in [0, 0.1) is 9.49 Å². The third-order valence-corrected chi connectivity index (χ3v) is 6.07. The average Bonchev–Trinajstić information content (AvgIpc) is 2.80. The first-order chi connectivity index (χ1) is 16.2. The van der Waals surface area contributed by atoms with Gasteiger partial charge in [0.05, 0.1) is 11.4 Å². The highest BCUT2D eigenvalue weighted by Gasteiger charge is 2.25. The van der Waals surface area contributed by atoms with Gasteiger partial charge in [0.15, 0.2) is 0 Å². The Hall–Kier alpha value is -3.05. The molecule has 176 valence electrons. The number of benzene rings is 3. The molecule has 3 aromatic rings. The molecule has 34 heavy (non-hydrogen) atoms. The molecule has 0 aliphatic rings. The molecule has 0 saturated carbocycles. The van der Waals surface area contributed by atoms with E-state index in [1.165, 1.54) is 6.08 Å². The molecule has 0 saturated heterocycles. The van der Waals surface area contributed by atoms with E-state index in [1.54, 1.807) is 79.7 Å². The van der Waals surface area contributed by atoms with E-state index in [2.05, 4.69) is 49.2 Å². The molecule has 0 unspecified atom stereocenters. The SMILES string of the molecule is C[C@H](/C=C/C(=O)Nc1ccccc1N)[C@@H](OC(=O)Nc1ccc(Br)cc1)c1cc(I)ccc1O. The Bertz CT molecular complexity index is 1200. The van der Waals surface area contributed by atoms with Gasteiger partial charge in [-0.05, 0) is 83.3 Å². The Morgan fingerprint density at radius 1 is 1.09 bits per heavy atom. The molecule has 0 spiro atoms. The summed E-state index contributed by atoms with van der Waals surface area (Å²) in [6, 6.07) is 19.0. The van der Waals surface area contributed by atoms with Crippen LogP contribution in [0.15, 0.2) is 83.4 Å². The highest BCUT2D eigenvalue weighted by Crippen LogP contribution is 2.35. The molecule has 2 atom stereocenters. The van der Waals surface area contributed by atoms with E-state index < -0.39 is 18.1 Å². The molecule has 5 N–H and O–H groups in total. The summed E-state index contributed by atoms with van der Waals surface area (Å²) in [5.74, 6) is -0.836. The zero-order valence-electron chi connectivity index (χ0n) is 18.2. The lowest BCUT2D eigenvalue weighted by Gasteiger charge is -2.24. The lowest BCUT2D eigenvalue weighted by atomic mass is 9.96. The van der Waals surface area contributed by atoms with Crippen LogP contribution in [0.4, 0.5) is 21.9 Å². The number of nitrogen functional groups attached to an aromatic ring is 1. The summed E-state index contributed by atoms with van der Waals surface area (Å²) in [7, 11) is 0. The summed E-state index contributed by atoms with van der Waals surface area (Å²) >= 11 is 5.47. The molecule has 0 radical (unpaired) electrons. The number of halogens is 2. The molecule has 2 amide bonds. The maximum atomic E-state index is 12.7. The third kappa shape index (κ3) is 7.22. The van der Waals surface area contributed by atoms with Crippen LogP contribution in [0.1, 0.15) is 18.6 Å². The highest BCUT2D eigenvalue weighted by molar-refractivity contribution is 14.1. The average molecular weight is 636 g/mol. The number of para-hydroxylation sites is 2. The van der Waals surface area contributed by atoms with Gasteiger partial charge < -0.3 is 20.9 Å². The molecule has 0 aromatic heterocycles. The number of ether oxygens (including phenoxy) is 1. The molecule has 0 aliphatic carbocycles. The van der Waals surface area contributed by atoms with Gasteiger partial charge in [-0.3, -0.25) is 10.1 Å². The van der Waals surface area contributed by atoms with Crippen molar-refractivity contribution >= 4 is 67.6 Å². The first-order valence-corrected chi connectivity index (χ1v) is 12.2. The molecule has 3 aromatic carbocycles. The van der Waals surface area contributed by atoms with Gasteiger partial charge in [-0.25, -0.2) is 4.79 Å². The predicted molar refractivity (Wildman–Crippen MR) is 146 cm³/mol. The number of nitrogens with two attached hydrogens (primary N) is 1. The topological polar surface area (TPSA) is 114 Å². The summed E-state index contributed by atoms with van der Waals surface area (Å²) < 4.78 is 7.45. The Balaban J connectivity index is 1.78.